The molecule has 0 amide bonds. The lowest BCUT2D eigenvalue weighted by molar-refractivity contribution is -0.149. The summed E-state index contributed by atoms with van der Waals surface area (Å²) in [5, 5.41) is 4.44. The molecule has 1 N–H and O–H groups in total. The third-order valence-corrected chi connectivity index (χ3v) is 4.00. The number of thiocarbonyl (C=S) groups is 1. The molecule has 0 bridgehead atoms. The fraction of sp³-hybridized carbons (Fsp3) is 0.467. The molecule has 1 aromatic carbocycles. The van der Waals surface area contributed by atoms with E-state index in [1.807, 2.05) is 36.1 Å². The van der Waals surface area contributed by atoms with Crippen LogP contribution in [0.4, 0.5) is 5.69 Å². The van der Waals surface area contributed by atoms with Crippen LogP contribution in [0.25, 0.3) is 0 Å². The molecule has 114 valence electrons. The number of likely N-dealkylation sites (tertiary alicyclic amines) is 1. The van der Waals surface area contributed by atoms with Crippen LogP contribution in [0.2, 0.25) is 5.02 Å². The van der Waals surface area contributed by atoms with E-state index in [4.69, 9.17) is 28.6 Å². The van der Waals surface area contributed by atoms with Gasteiger partial charge < -0.3 is 15.0 Å². The fourth-order valence-electron chi connectivity index (χ4n) is 2.38. The number of rotatable bonds is 3. The molecule has 0 spiro atoms. The van der Waals surface area contributed by atoms with Gasteiger partial charge in [-0.2, -0.15) is 0 Å². The number of anilines is 1. The second kappa shape index (κ2) is 7.61. The first-order valence-electron chi connectivity index (χ1n) is 7.08. The molecular formula is C15H19ClN2O2S. The second-order valence-electron chi connectivity index (χ2n) is 4.98. The van der Waals surface area contributed by atoms with Gasteiger partial charge in [-0.15, -0.1) is 0 Å². The van der Waals surface area contributed by atoms with Crippen molar-refractivity contribution in [2.24, 2.45) is 5.92 Å². The number of piperidine rings is 1. The minimum absolute atomic E-state index is 0.0992. The molecule has 1 aliphatic rings. The van der Waals surface area contributed by atoms with Crippen molar-refractivity contribution in [2.75, 3.05) is 25.0 Å². The van der Waals surface area contributed by atoms with E-state index >= 15 is 0 Å². The van der Waals surface area contributed by atoms with E-state index in [-0.39, 0.29) is 11.9 Å². The quantitative estimate of drug-likeness (QED) is 0.681. The van der Waals surface area contributed by atoms with Crippen LogP contribution in [0, 0.1) is 5.92 Å². The number of hydrogen-bond acceptors (Lipinski definition) is 3. The van der Waals surface area contributed by atoms with Gasteiger partial charge in [0.05, 0.1) is 12.5 Å². The van der Waals surface area contributed by atoms with Gasteiger partial charge in [-0.1, -0.05) is 17.7 Å². The smallest absolute Gasteiger partial charge is 0.310 e. The lowest BCUT2D eigenvalue weighted by Crippen LogP contribution is -2.44. The number of benzene rings is 1. The lowest BCUT2D eigenvalue weighted by atomic mass is 9.98. The molecule has 1 heterocycles. The number of nitrogens with one attached hydrogen (secondary N) is 1. The molecule has 1 atom stereocenters. The summed E-state index contributed by atoms with van der Waals surface area (Å²) in [6.07, 6.45) is 1.79. The molecule has 1 saturated heterocycles. The van der Waals surface area contributed by atoms with Crippen LogP contribution < -0.4 is 5.32 Å². The molecule has 21 heavy (non-hydrogen) atoms. The summed E-state index contributed by atoms with van der Waals surface area (Å²) < 4.78 is 5.10. The Morgan fingerprint density at radius 3 is 3.10 bits per heavy atom. The molecule has 1 fully saturated rings. The summed E-state index contributed by atoms with van der Waals surface area (Å²) in [5.41, 5.74) is 0.853. The molecule has 0 saturated carbocycles. The summed E-state index contributed by atoms with van der Waals surface area (Å²) in [4.78, 5) is 13.9. The van der Waals surface area contributed by atoms with Gasteiger partial charge in [0.25, 0.3) is 0 Å². The largest absolute Gasteiger partial charge is 0.466 e. The van der Waals surface area contributed by atoms with Crippen molar-refractivity contribution >= 4 is 40.6 Å². The minimum atomic E-state index is -0.132. The molecule has 0 unspecified atom stereocenters. The Kier molecular flexibility index (Phi) is 5.82. The topological polar surface area (TPSA) is 41.6 Å². The normalized spacial score (nSPS) is 18.2. The molecule has 0 aliphatic carbocycles. The molecule has 2 rings (SSSR count). The summed E-state index contributed by atoms with van der Waals surface area (Å²) in [6, 6.07) is 7.41. The highest BCUT2D eigenvalue weighted by atomic mass is 35.5. The lowest BCUT2D eigenvalue weighted by Gasteiger charge is -2.33. The number of halogens is 1. The maximum atomic E-state index is 11.8. The van der Waals surface area contributed by atoms with Crippen molar-refractivity contribution in [3.05, 3.63) is 29.3 Å². The van der Waals surface area contributed by atoms with Crippen molar-refractivity contribution in [1.82, 2.24) is 4.90 Å². The minimum Gasteiger partial charge on any atom is -0.466 e. The Morgan fingerprint density at radius 1 is 1.57 bits per heavy atom. The van der Waals surface area contributed by atoms with Crippen molar-refractivity contribution in [1.29, 1.82) is 0 Å². The fourth-order valence-corrected chi connectivity index (χ4v) is 2.86. The predicted molar refractivity (Wildman–Crippen MR) is 88.6 cm³/mol. The Labute approximate surface area is 135 Å². The van der Waals surface area contributed by atoms with Crippen molar-refractivity contribution in [3.8, 4) is 0 Å². The summed E-state index contributed by atoms with van der Waals surface area (Å²) >= 11 is 11.4. The van der Waals surface area contributed by atoms with Crippen LogP contribution in [0.3, 0.4) is 0 Å². The molecule has 1 aliphatic heterocycles. The standard InChI is InChI=1S/C15H19ClN2O2S/c1-2-20-14(19)11-5-4-8-18(10-11)15(21)17-13-7-3-6-12(16)9-13/h3,6-7,9,11H,2,4-5,8,10H2,1H3,(H,17,21)/t11-/m1/s1. The van der Waals surface area contributed by atoms with E-state index in [1.54, 1.807) is 0 Å². The molecule has 1 aromatic rings. The van der Waals surface area contributed by atoms with E-state index in [0.717, 1.165) is 25.1 Å². The number of carbonyl (C=O) groups excluding carboxylic acids is 1. The zero-order chi connectivity index (χ0) is 15.2. The molecule has 0 aromatic heterocycles. The molecule has 0 radical (unpaired) electrons. The summed E-state index contributed by atoms with van der Waals surface area (Å²) in [7, 11) is 0. The van der Waals surface area contributed by atoms with E-state index in [2.05, 4.69) is 5.32 Å². The van der Waals surface area contributed by atoms with Gasteiger partial charge in [-0.05, 0) is 50.2 Å². The highest BCUT2D eigenvalue weighted by Crippen LogP contribution is 2.20. The number of ether oxygens (including phenoxy) is 1. The molecule has 4 nitrogen and oxygen atoms in total. The van der Waals surface area contributed by atoms with E-state index in [0.29, 0.717) is 23.3 Å². The van der Waals surface area contributed by atoms with Crippen molar-refractivity contribution in [3.63, 3.8) is 0 Å². The first-order chi connectivity index (χ1) is 10.1. The van der Waals surface area contributed by atoms with Gasteiger partial charge >= 0.3 is 5.97 Å². The maximum Gasteiger partial charge on any atom is 0.310 e. The van der Waals surface area contributed by atoms with Gasteiger partial charge in [-0.25, -0.2) is 0 Å². The zero-order valence-electron chi connectivity index (χ0n) is 12.0. The maximum absolute atomic E-state index is 11.8. The first kappa shape index (κ1) is 16.0. The monoisotopic (exact) mass is 326 g/mol. The molecular weight excluding hydrogens is 308 g/mol. The van der Waals surface area contributed by atoms with Crippen LogP contribution in [-0.4, -0.2) is 35.7 Å². The Morgan fingerprint density at radius 2 is 2.38 bits per heavy atom. The molecule has 6 heteroatoms. The Bertz CT molecular complexity index is 524. The highest BCUT2D eigenvalue weighted by molar-refractivity contribution is 7.80. The summed E-state index contributed by atoms with van der Waals surface area (Å²) in [6.45, 7) is 3.69. The average Bonchev–Trinajstić information content (AvgIpc) is 2.47. The number of carbonyl (C=O) groups is 1. The first-order valence-corrected chi connectivity index (χ1v) is 7.87. The average molecular weight is 327 g/mol. The van der Waals surface area contributed by atoms with Crippen LogP contribution in [0.1, 0.15) is 19.8 Å². The third kappa shape index (κ3) is 4.58. The highest BCUT2D eigenvalue weighted by Gasteiger charge is 2.28. The predicted octanol–water partition coefficient (Wildman–Crippen LogP) is 3.31. The van der Waals surface area contributed by atoms with E-state index < -0.39 is 0 Å². The van der Waals surface area contributed by atoms with Gasteiger partial charge in [0.1, 0.15) is 0 Å². The van der Waals surface area contributed by atoms with E-state index in [9.17, 15) is 4.79 Å². The van der Waals surface area contributed by atoms with Crippen LogP contribution in [-0.2, 0) is 9.53 Å². The van der Waals surface area contributed by atoms with Crippen LogP contribution in [0.15, 0.2) is 24.3 Å². The van der Waals surface area contributed by atoms with E-state index in [1.165, 1.54) is 0 Å². The van der Waals surface area contributed by atoms with Gasteiger partial charge in [0.15, 0.2) is 5.11 Å². The van der Waals surface area contributed by atoms with Crippen molar-refractivity contribution < 1.29 is 9.53 Å². The Hall–Kier alpha value is -1.33. The zero-order valence-corrected chi connectivity index (χ0v) is 13.5. The van der Waals surface area contributed by atoms with Gasteiger partial charge in [-0.3, -0.25) is 4.79 Å². The SMILES string of the molecule is CCOC(=O)[C@@H]1CCCN(C(=S)Nc2cccc(Cl)c2)C1. The second-order valence-corrected chi connectivity index (χ2v) is 5.80. The number of hydrogen-bond donors (Lipinski definition) is 1. The number of esters is 1. The van der Waals surface area contributed by atoms with Crippen molar-refractivity contribution in [2.45, 2.75) is 19.8 Å². The van der Waals surface area contributed by atoms with Gasteiger partial charge in [0.2, 0.25) is 0 Å². The van der Waals surface area contributed by atoms with Gasteiger partial charge in [0, 0.05) is 23.8 Å². The number of nitrogens with zero attached hydrogens (tertiary/aromatic N) is 1. The summed E-state index contributed by atoms with van der Waals surface area (Å²) in [5.74, 6) is -0.231. The van der Waals surface area contributed by atoms with Crippen LogP contribution >= 0.6 is 23.8 Å². The third-order valence-electron chi connectivity index (χ3n) is 3.40. The van der Waals surface area contributed by atoms with Crippen LogP contribution in [0.5, 0.6) is 0 Å². The Balaban J connectivity index is 1.94.